The van der Waals surface area contributed by atoms with Gasteiger partial charge in [0.1, 0.15) is 5.75 Å². The van der Waals surface area contributed by atoms with Crippen LogP contribution < -0.4 is 4.74 Å². The number of carbonyl (C=O) groups excluding carboxylic acids is 1. The smallest absolute Gasteiger partial charge is 0.339 e. The summed E-state index contributed by atoms with van der Waals surface area (Å²) < 4.78 is 10.1. The summed E-state index contributed by atoms with van der Waals surface area (Å²) in [7, 11) is 1.19. The Morgan fingerprint density at radius 2 is 1.69 bits per heavy atom. The molecule has 0 atom stereocenters. The predicted molar refractivity (Wildman–Crippen MR) is 94.2 cm³/mol. The predicted octanol–water partition coefficient (Wildman–Crippen LogP) is 4.24. The van der Waals surface area contributed by atoms with Gasteiger partial charge in [-0.25, -0.2) is 9.78 Å². The van der Waals surface area contributed by atoms with Crippen molar-refractivity contribution in [1.82, 2.24) is 4.98 Å². The molecule has 0 saturated carbocycles. The maximum absolute atomic E-state index is 11.5. The lowest BCUT2D eigenvalue weighted by atomic mass is 10.1. The van der Waals surface area contributed by atoms with Gasteiger partial charge in [0.25, 0.3) is 5.88 Å². The highest BCUT2D eigenvalue weighted by molar-refractivity contribution is 5.89. The fourth-order valence-electron chi connectivity index (χ4n) is 2.34. The molecule has 26 heavy (non-hydrogen) atoms. The van der Waals surface area contributed by atoms with Crippen LogP contribution in [0.25, 0.3) is 11.1 Å². The van der Waals surface area contributed by atoms with E-state index < -0.39 is 16.6 Å². The zero-order chi connectivity index (χ0) is 18.5. The summed E-state index contributed by atoms with van der Waals surface area (Å²) in [6.07, 6.45) is 1.17. The molecular weight excluding hydrogens is 336 g/mol. The van der Waals surface area contributed by atoms with Crippen molar-refractivity contribution in [3.8, 4) is 22.8 Å². The van der Waals surface area contributed by atoms with E-state index in [9.17, 15) is 14.9 Å². The minimum atomic E-state index is -0.709. The number of benzene rings is 2. The maximum atomic E-state index is 11.5. The number of aromatic nitrogens is 1. The molecule has 0 amide bonds. The quantitative estimate of drug-likeness (QED) is 0.388. The van der Waals surface area contributed by atoms with E-state index in [0.29, 0.717) is 5.75 Å². The first-order valence-corrected chi connectivity index (χ1v) is 7.64. The zero-order valence-corrected chi connectivity index (χ0v) is 13.8. The molecule has 3 aromatic rings. The molecule has 0 fully saturated rings. The van der Waals surface area contributed by atoms with Crippen LogP contribution in [0.5, 0.6) is 11.6 Å². The maximum Gasteiger partial charge on any atom is 0.339 e. The molecule has 130 valence electrons. The number of carbonyl (C=O) groups is 1. The molecule has 3 rings (SSSR count). The van der Waals surface area contributed by atoms with Gasteiger partial charge in [-0.3, -0.25) is 10.1 Å². The van der Waals surface area contributed by atoms with Gasteiger partial charge in [0.2, 0.25) is 0 Å². The molecule has 1 heterocycles. The molecule has 2 aromatic carbocycles. The molecule has 0 N–H and O–H groups in total. The molecule has 7 nitrogen and oxygen atoms in total. The largest absolute Gasteiger partial charge is 0.465 e. The summed E-state index contributed by atoms with van der Waals surface area (Å²) in [5.74, 6) is -0.513. The molecule has 0 saturated heterocycles. The molecule has 0 unspecified atom stereocenters. The van der Waals surface area contributed by atoms with Gasteiger partial charge in [-0.2, -0.15) is 0 Å². The SMILES string of the molecule is COC(=O)c1cnc(Oc2ccc(-c3ccccc3)cc2)c([N+](=O)[O-])c1. The first kappa shape index (κ1) is 17.1. The highest BCUT2D eigenvalue weighted by Crippen LogP contribution is 2.31. The van der Waals surface area contributed by atoms with Crippen LogP contribution in [0.15, 0.2) is 66.9 Å². The van der Waals surface area contributed by atoms with E-state index in [1.54, 1.807) is 12.1 Å². The Bertz CT molecular complexity index is 940. The van der Waals surface area contributed by atoms with E-state index in [-0.39, 0.29) is 11.4 Å². The molecule has 0 aliphatic rings. The minimum absolute atomic E-state index is 0.0222. The number of rotatable bonds is 5. The molecular formula is C19H14N2O5. The third kappa shape index (κ3) is 3.67. The van der Waals surface area contributed by atoms with Crippen molar-refractivity contribution in [2.45, 2.75) is 0 Å². The molecule has 0 aliphatic heterocycles. The average Bonchev–Trinajstić information content (AvgIpc) is 2.68. The van der Waals surface area contributed by atoms with Crippen molar-refractivity contribution in [1.29, 1.82) is 0 Å². The van der Waals surface area contributed by atoms with Crippen LogP contribution in [0.2, 0.25) is 0 Å². The van der Waals surface area contributed by atoms with Crippen molar-refractivity contribution in [2.24, 2.45) is 0 Å². The van der Waals surface area contributed by atoms with Crippen LogP contribution in [0.1, 0.15) is 10.4 Å². The van der Waals surface area contributed by atoms with Crippen LogP contribution in [0, 0.1) is 10.1 Å². The van der Waals surface area contributed by atoms with Crippen molar-refractivity contribution < 1.29 is 19.2 Å². The first-order chi connectivity index (χ1) is 12.6. The van der Waals surface area contributed by atoms with Crippen LogP contribution in [-0.4, -0.2) is 23.0 Å². The number of esters is 1. The summed E-state index contributed by atoms with van der Waals surface area (Å²) >= 11 is 0. The second kappa shape index (κ2) is 7.43. The lowest BCUT2D eigenvalue weighted by Gasteiger charge is -2.07. The van der Waals surface area contributed by atoms with Crippen LogP contribution in [-0.2, 0) is 4.74 Å². The van der Waals surface area contributed by atoms with Gasteiger partial charge < -0.3 is 9.47 Å². The number of nitrogens with zero attached hydrogens (tertiary/aromatic N) is 2. The van der Waals surface area contributed by atoms with E-state index in [1.165, 1.54) is 13.3 Å². The topological polar surface area (TPSA) is 91.6 Å². The summed E-state index contributed by atoms with van der Waals surface area (Å²) in [4.78, 5) is 26.0. The Morgan fingerprint density at radius 1 is 1.04 bits per heavy atom. The number of ether oxygens (including phenoxy) is 2. The Morgan fingerprint density at radius 3 is 2.31 bits per heavy atom. The third-order valence-corrected chi connectivity index (χ3v) is 3.63. The molecule has 0 aliphatic carbocycles. The number of nitro groups is 1. The third-order valence-electron chi connectivity index (χ3n) is 3.63. The van der Waals surface area contributed by atoms with Crippen molar-refractivity contribution >= 4 is 11.7 Å². The monoisotopic (exact) mass is 350 g/mol. The van der Waals surface area contributed by atoms with E-state index in [0.717, 1.165) is 17.2 Å². The fraction of sp³-hybridized carbons (Fsp3) is 0.0526. The van der Waals surface area contributed by atoms with Crippen molar-refractivity contribution in [2.75, 3.05) is 7.11 Å². The van der Waals surface area contributed by atoms with Crippen molar-refractivity contribution in [3.63, 3.8) is 0 Å². The molecule has 7 heteroatoms. The molecule has 0 radical (unpaired) electrons. The number of methoxy groups -OCH3 is 1. The Labute approximate surface area is 149 Å². The Balaban J connectivity index is 1.86. The summed E-state index contributed by atoms with van der Waals surface area (Å²) in [6.45, 7) is 0. The van der Waals surface area contributed by atoms with Crippen LogP contribution in [0.4, 0.5) is 5.69 Å². The van der Waals surface area contributed by atoms with Crippen molar-refractivity contribution in [3.05, 3.63) is 82.5 Å². The standard InChI is InChI=1S/C19H14N2O5/c1-25-19(22)15-11-17(21(23)24)18(20-12-15)26-16-9-7-14(8-10-16)13-5-3-2-4-6-13/h2-12H,1H3. The van der Waals surface area contributed by atoms with Gasteiger partial charge in [0, 0.05) is 12.3 Å². The second-order valence-electron chi connectivity index (χ2n) is 5.29. The second-order valence-corrected chi connectivity index (χ2v) is 5.29. The minimum Gasteiger partial charge on any atom is -0.465 e. The van der Waals surface area contributed by atoms with Gasteiger partial charge >= 0.3 is 11.7 Å². The Hall–Kier alpha value is -3.74. The lowest BCUT2D eigenvalue weighted by molar-refractivity contribution is -0.386. The fourth-order valence-corrected chi connectivity index (χ4v) is 2.34. The zero-order valence-electron chi connectivity index (χ0n) is 13.8. The van der Waals surface area contributed by atoms with E-state index in [2.05, 4.69) is 9.72 Å². The summed E-state index contributed by atoms with van der Waals surface area (Å²) in [5.41, 5.74) is 1.60. The summed E-state index contributed by atoms with van der Waals surface area (Å²) in [5, 5.41) is 11.2. The summed E-state index contributed by atoms with van der Waals surface area (Å²) in [6, 6.07) is 17.9. The molecule has 1 aromatic heterocycles. The van der Waals surface area contributed by atoms with Crippen LogP contribution in [0.3, 0.4) is 0 Å². The van der Waals surface area contributed by atoms with Gasteiger partial charge in [0.15, 0.2) is 0 Å². The normalized spacial score (nSPS) is 10.2. The van der Waals surface area contributed by atoms with Gasteiger partial charge in [-0.05, 0) is 23.3 Å². The van der Waals surface area contributed by atoms with Gasteiger partial charge in [-0.1, -0.05) is 42.5 Å². The van der Waals surface area contributed by atoms with E-state index in [4.69, 9.17) is 4.74 Å². The average molecular weight is 350 g/mol. The number of hydrogen-bond donors (Lipinski definition) is 0. The first-order valence-electron chi connectivity index (χ1n) is 7.64. The van der Waals surface area contributed by atoms with Crippen LogP contribution >= 0.6 is 0 Å². The van der Waals surface area contributed by atoms with E-state index >= 15 is 0 Å². The highest BCUT2D eigenvalue weighted by Gasteiger charge is 2.21. The Kier molecular flexibility index (Phi) is 4.89. The lowest BCUT2D eigenvalue weighted by Crippen LogP contribution is -2.04. The molecule has 0 bridgehead atoms. The van der Waals surface area contributed by atoms with Gasteiger partial charge in [0.05, 0.1) is 17.6 Å². The van der Waals surface area contributed by atoms with E-state index in [1.807, 2.05) is 42.5 Å². The number of hydrogen-bond acceptors (Lipinski definition) is 6. The molecule has 0 spiro atoms. The van der Waals surface area contributed by atoms with Gasteiger partial charge in [-0.15, -0.1) is 0 Å². The highest BCUT2D eigenvalue weighted by atomic mass is 16.6. The number of pyridine rings is 1.